The normalized spacial score (nSPS) is 12.1. The van der Waals surface area contributed by atoms with Crippen LogP contribution in [-0.2, 0) is 6.42 Å². The molecular formula is C11H12B2N2O. The zero-order valence-corrected chi connectivity index (χ0v) is 9.12. The van der Waals surface area contributed by atoms with Crippen LogP contribution in [0.5, 0.6) is 5.75 Å². The summed E-state index contributed by atoms with van der Waals surface area (Å²) in [5.41, 5.74) is 1.77. The van der Waals surface area contributed by atoms with Crippen molar-refractivity contribution in [3.8, 4) is 5.75 Å². The Hall–Kier alpha value is -1.35. The first kappa shape index (κ1) is 11.1. The number of aromatic hydroxyl groups is 1. The first-order valence-electron chi connectivity index (χ1n) is 5.08. The van der Waals surface area contributed by atoms with Crippen LogP contribution in [0, 0.1) is 0 Å². The van der Waals surface area contributed by atoms with E-state index in [9.17, 15) is 5.11 Å². The van der Waals surface area contributed by atoms with Gasteiger partial charge in [-0.2, -0.15) is 0 Å². The van der Waals surface area contributed by atoms with Gasteiger partial charge in [0.25, 0.3) is 0 Å². The van der Waals surface area contributed by atoms with Gasteiger partial charge in [-0.3, -0.25) is 0 Å². The van der Waals surface area contributed by atoms with Gasteiger partial charge in [0.05, 0.1) is 15.7 Å². The lowest BCUT2D eigenvalue weighted by atomic mass is 9.59. The van der Waals surface area contributed by atoms with Crippen molar-refractivity contribution in [2.75, 3.05) is 7.05 Å². The van der Waals surface area contributed by atoms with Crippen LogP contribution >= 0.6 is 0 Å². The first-order valence-corrected chi connectivity index (χ1v) is 5.08. The highest BCUT2D eigenvalue weighted by Crippen LogP contribution is 2.28. The second kappa shape index (κ2) is 3.91. The van der Waals surface area contributed by atoms with Crippen molar-refractivity contribution < 1.29 is 5.11 Å². The van der Waals surface area contributed by atoms with Gasteiger partial charge in [-0.25, -0.2) is 0 Å². The molecule has 3 N–H and O–H groups in total. The molecule has 0 saturated heterocycles. The molecule has 78 valence electrons. The number of H-pyrrole nitrogens is 1. The maximum absolute atomic E-state index is 9.79. The third-order valence-corrected chi connectivity index (χ3v) is 2.71. The van der Waals surface area contributed by atoms with Crippen LogP contribution in [0.25, 0.3) is 10.9 Å². The molecule has 2 rings (SSSR count). The van der Waals surface area contributed by atoms with Gasteiger partial charge in [-0.15, -0.1) is 0 Å². The molecule has 1 aromatic carbocycles. The second-order valence-electron chi connectivity index (χ2n) is 3.98. The van der Waals surface area contributed by atoms with Crippen molar-refractivity contribution in [1.29, 1.82) is 0 Å². The summed E-state index contributed by atoms with van der Waals surface area (Å²) < 4.78 is 0. The number of nitrogens with one attached hydrogen (secondary N) is 2. The largest absolute Gasteiger partial charge is 0.507 e. The van der Waals surface area contributed by atoms with Gasteiger partial charge in [0, 0.05) is 17.1 Å². The molecule has 4 radical (unpaired) electrons. The van der Waals surface area contributed by atoms with Crippen molar-refractivity contribution in [2.45, 2.75) is 11.8 Å². The van der Waals surface area contributed by atoms with Gasteiger partial charge in [-0.05, 0) is 31.2 Å². The van der Waals surface area contributed by atoms with E-state index in [2.05, 4.69) is 10.3 Å². The summed E-state index contributed by atoms with van der Waals surface area (Å²) >= 11 is 0. The molecule has 1 heterocycles. The molecule has 0 saturated carbocycles. The van der Waals surface area contributed by atoms with Gasteiger partial charge in [0.15, 0.2) is 0 Å². The Morgan fingerprint density at radius 3 is 2.88 bits per heavy atom. The summed E-state index contributed by atoms with van der Waals surface area (Å²) in [6.07, 6.45) is 2.25. The van der Waals surface area contributed by atoms with Gasteiger partial charge < -0.3 is 15.4 Å². The maximum Gasteiger partial charge on any atom is 0.125 e. The van der Waals surface area contributed by atoms with Crippen molar-refractivity contribution >= 4 is 26.6 Å². The molecule has 0 spiro atoms. The van der Waals surface area contributed by atoms with Crippen LogP contribution in [0.2, 0.25) is 0 Å². The van der Waals surface area contributed by atoms with Crippen molar-refractivity contribution in [1.82, 2.24) is 10.3 Å². The first-order chi connectivity index (χ1) is 7.53. The Morgan fingerprint density at radius 1 is 1.44 bits per heavy atom. The van der Waals surface area contributed by atoms with E-state index < -0.39 is 5.34 Å². The molecule has 0 aliphatic rings. The number of hydrogen-bond acceptors (Lipinski definition) is 2. The van der Waals surface area contributed by atoms with Crippen LogP contribution in [0.4, 0.5) is 0 Å². The van der Waals surface area contributed by atoms with E-state index in [1.165, 1.54) is 0 Å². The molecule has 5 heteroatoms. The molecule has 1 aromatic heterocycles. The lowest BCUT2D eigenvalue weighted by molar-refractivity contribution is 0.481. The van der Waals surface area contributed by atoms with E-state index >= 15 is 0 Å². The lowest BCUT2D eigenvalue weighted by Gasteiger charge is -2.24. The Balaban J connectivity index is 2.46. The molecule has 16 heavy (non-hydrogen) atoms. The highest BCUT2D eigenvalue weighted by atomic mass is 16.3. The fraction of sp³-hybridized carbons (Fsp3) is 0.273. The Morgan fingerprint density at radius 2 is 2.19 bits per heavy atom. The minimum absolute atomic E-state index is 0.237. The zero-order valence-electron chi connectivity index (χ0n) is 9.12. The molecule has 0 amide bonds. The van der Waals surface area contributed by atoms with Gasteiger partial charge >= 0.3 is 0 Å². The summed E-state index contributed by atoms with van der Waals surface area (Å²) in [6.45, 7) is 0. The lowest BCUT2D eigenvalue weighted by Crippen LogP contribution is -2.46. The Bertz CT molecular complexity index is 508. The fourth-order valence-corrected chi connectivity index (χ4v) is 1.78. The number of aromatic nitrogens is 1. The molecule has 0 bridgehead atoms. The minimum atomic E-state index is -0.975. The van der Waals surface area contributed by atoms with E-state index in [1.54, 1.807) is 19.2 Å². The number of aromatic amines is 1. The van der Waals surface area contributed by atoms with Crippen LogP contribution < -0.4 is 5.32 Å². The number of likely N-dealkylation sites (N-methyl/N-ethyl adjacent to an activating group) is 1. The number of benzene rings is 1. The molecule has 0 aliphatic carbocycles. The number of hydrogen-bond donors (Lipinski definition) is 3. The zero-order chi connectivity index (χ0) is 11.8. The molecule has 3 nitrogen and oxygen atoms in total. The number of rotatable bonds is 3. The van der Waals surface area contributed by atoms with Crippen LogP contribution in [0.3, 0.4) is 0 Å². The monoisotopic (exact) mass is 210 g/mol. The second-order valence-corrected chi connectivity index (χ2v) is 3.98. The number of fused-ring (bicyclic) bond motifs is 1. The quantitative estimate of drug-likeness (QED) is 0.650. The maximum atomic E-state index is 9.79. The van der Waals surface area contributed by atoms with Crippen LogP contribution in [0.1, 0.15) is 5.56 Å². The van der Waals surface area contributed by atoms with Crippen LogP contribution in [0.15, 0.2) is 24.4 Å². The van der Waals surface area contributed by atoms with Crippen LogP contribution in [-0.4, -0.2) is 38.2 Å². The van der Waals surface area contributed by atoms with Gasteiger partial charge in [0.2, 0.25) is 0 Å². The van der Waals surface area contributed by atoms with Crippen molar-refractivity contribution in [2.24, 2.45) is 0 Å². The summed E-state index contributed by atoms with van der Waals surface area (Å²) in [7, 11) is 13.3. The van der Waals surface area contributed by atoms with Gasteiger partial charge in [-0.1, -0.05) is 11.4 Å². The number of phenolic OH excluding ortho intramolecular Hbond substituents is 1. The molecule has 2 aromatic rings. The fourth-order valence-electron chi connectivity index (χ4n) is 1.78. The van der Waals surface area contributed by atoms with E-state index in [0.717, 1.165) is 16.5 Å². The summed E-state index contributed by atoms with van der Waals surface area (Å²) in [4.78, 5) is 3.08. The topological polar surface area (TPSA) is 48.0 Å². The average Bonchev–Trinajstić information content (AvgIpc) is 2.62. The van der Waals surface area contributed by atoms with E-state index in [0.29, 0.717) is 6.42 Å². The predicted octanol–water partition coefficient (Wildman–Crippen LogP) is 0.626. The average molecular weight is 210 g/mol. The van der Waals surface area contributed by atoms with E-state index in [-0.39, 0.29) is 5.75 Å². The van der Waals surface area contributed by atoms with Crippen molar-refractivity contribution in [3.63, 3.8) is 0 Å². The Labute approximate surface area is 97.1 Å². The predicted molar refractivity (Wildman–Crippen MR) is 67.0 cm³/mol. The Kier molecular flexibility index (Phi) is 2.72. The third-order valence-electron chi connectivity index (χ3n) is 2.71. The smallest absolute Gasteiger partial charge is 0.125 e. The molecular weight excluding hydrogens is 198 g/mol. The van der Waals surface area contributed by atoms with E-state index in [4.69, 9.17) is 15.7 Å². The standard InChI is InChI=1S/C11H12B2N2O/c1-14-11(12,13)5-7-6-15-8-3-2-4-9(16)10(7)8/h2-4,6,14-16H,5H2,1H3. The van der Waals surface area contributed by atoms with Gasteiger partial charge in [0.1, 0.15) is 5.75 Å². The highest BCUT2D eigenvalue weighted by Gasteiger charge is 2.18. The van der Waals surface area contributed by atoms with Crippen molar-refractivity contribution in [3.05, 3.63) is 30.0 Å². The third kappa shape index (κ3) is 1.95. The highest BCUT2D eigenvalue weighted by molar-refractivity contribution is 6.40. The molecule has 0 fully saturated rings. The number of phenols is 1. The summed E-state index contributed by atoms with van der Waals surface area (Å²) in [6, 6.07) is 5.33. The van der Waals surface area contributed by atoms with E-state index in [1.807, 2.05) is 12.3 Å². The molecule has 0 atom stereocenters. The molecule has 0 unspecified atom stereocenters. The SMILES string of the molecule is [B]C([B])(Cc1c[nH]c2cccc(O)c12)NC. The summed E-state index contributed by atoms with van der Waals surface area (Å²) in [5, 5.41) is 12.4. The summed E-state index contributed by atoms with van der Waals surface area (Å²) in [5.74, 6) is 0.237. The molecule has 0 aliphatic heterocycles. The minimum Gasteiger partial charge on any atom is -0.507 e.